The summed E-state index contributed by atoms with van der Waals surface area (Å²) in [6.07, 6.45) is 0. The molecule has 3 nitrogen and oxygen atoms in total. The normalized spacial score (nSPS) is 13.1. The number of fused-ring (bicyclic) bond motifs is 1. The van der Waals surface area contributed by atoms with Crippen molar-refractivity contribution in [3.8, 4) is 5.75 Å². The summed E-state index contributed by atoms with van der Waals surface area (Å²) in [5.41, 5.74) is 1.28. The van der Waals surface area contributed by atoms with Crippen molar-refractivity contribution >= 4 is 28.3 Å². The average Bonchev–Trinajstić information content (AvgIpc) is 2.53. The number of hydrogen-bond donors (Lipinski definition) is 0. The Bertz CT molecular complexity index is 698. The fourth-order valence-corrected chi connectivity index (χ4v) is 2.69. The lowest BCUT2D eigenvalue weighted by atomic mass is 10.1. The fourth-order valence-electron chi connectivity index (χ4n) is 1.92. The number of nitrogens with zero attached hydrogens (tertiary/aromatic N) is 1. The Labute approximate surface area is 125 Å². The van der Waals surface area contributed by atoms with Crippen LogP contribution in [0.25, 0.3) is 0 Å². The monoisotopic (exact) mass is 301 g/mol. The Morgan fingerprint density at radius 3 is 2.76 bits per heavy atom. The number of hydrogen-bond acceptors (Lipinski definition) is 4. The lowest BCUT2D eigenvalue weighted by Gasteiger charge is -2.15. The number of halogens is 1. The average molecular weight is 301 g/mol. The summed E-state index contributed by atoms with van der Waals surface area (Å²) in [7, 11) is 0. The summed E-state index contributed by atoms with van der Waals surface area (Å²) < 4.78 is 18.4. The first-order valence-electron chi connectivity index (χ1n) is 6.43. The molecule has 0 saturated carbocycles. The zero-order chi connectivity index (χ0) is 14.7. The van der Waals surface area contributed by atoms with Crippen LogP contribution in [0.3, 0.4) is 0 Å². The maximum atomic E-state index is 12.8. The second kappa shape index (κ2) is 6.10. The Balaban J connectivity index is 1.65. The number of benzene rings is 2. The topological polar surface area (TPSA) is 38.7 Å². The molecule has 2 aromatic carbocycles. The van der Waals surface area contributed by atoms with E-state index in [-0.39, 0.29) is 17.4 Å². The van der Waals surface area contributed by atoms with E-state index in [1.54, 1.807) is 0 Å². The Morgan fingerprint density at radius 2 is 1.95 bits per heavy atom. The molecule has 0 aromatic heterocycles. The maximum absolute atomic E-state index is 12.8. The molecule has 3 rings (SSSR count). The van der Waals surface area contributed by atoms with E-state index in [9.17, 15) is 9.18 Å². The Morgan fingerprint density at radius 1 is 1.19 bits per heavy atom. The predicted molar refractivity (Wildman–Crippen MR) is 82.2 cm³/mol. The van der Waals surface area contributed by atoms with Gasteiger partial charge in [0.15, 0.2) is 5.78 Å². The molecule has 5 heteroatoms. The number of Topliss-reactive ketones (excluding diaryl/α,β-unsaturated/α-hetero) is 1. The van der Waals surface area contributed by atoms with Crippen LogP contribution in [0.1, 0.15) is 10.4 Å². The summed E-state index contributed by atoms with van der Waals surface area (Å²) >= 11 is 1.35. The molecule has 1 aliphatic heterocycles. The van der Waals surface area contributed by atoms with Crippen LogP contribution >= 0.6 is 11.8 Å². The van der Waals surface area contributed by atoms with Gasteiger partial charge in [0.25, 0.3) is 0 Å². The van der Waals surface area contributed by atoms with Gasteiger partial charge in [0.05, 0.1) is 5.75 Å². The third-order valence-corrected chi connectivity index (χ3v) is 3.95. The van der Waals surface area contributed by atoms with Crippen molar-refractivity contribution in [3.05, 3.63) is 59.9 Å². The van der Waals surface area contributed by atoms with E-state index in [1.807, 2.05) is 24.3 Å². The van der Waals surface area contributed by atoms with Gasteiger partial charge in [-0.1, -0.05) is 23.9 Å². The SMILES string of the molecule is O=C(CSC1=Nc2ccccc2OC1)c1ccc(F)cc1. The molecule has 0 fully saturated rings. The molecule has 0 spiro atoms. The minimum atomic E-state index is -0.346. The summed E-state index contributed by atoms with van der Waals surface area (Å²) in [5.74, 6) is 0.616. The van der Waals surface area contributed by atoms with Crippen LogP contribution in [0.15, 0.2) is 53.5 Å². The highest BCUT2D eigenvalue weighted by atomic mass is 32.2. The number of rotatable bonds is 3. The van der Waals surface area contributed by atoms with Crippen LogP contribution < -0.4 is 4.74 Å². The lowest BCUT2D eigenvalue weighted by Crippen LogP contribution is -2.14. The summed E-state index contributed by atoms with van der Waals surface area (Å²) in [4.78, 5) is 16.5. The van der Waals surface area contributed by atoms with Crippen LogP contribution in [0.5, 0.6) is 5.75 Å². The van der Waals surface area contributed by atoms with Crippen LogP contribution in [0, 0.1) is 5.82 Å². The van der Waals surface area contributed by atoms with E-state index in [0.717, 1.165) is 16.5 Å². The summed E-state index contributed by atoms with van der Waals surface area (Å²) in [6, 6.07) is 13.1. The highest BCUT2D eigenvalue weighted by molar-refractivity contribution is 8.14. The highest BCUT2D eigenvalue weighted by Gasteiger charge is 2.14. The van der Waals surface area contributed by atoms with E-state index in [1.165, 1.54) is 36.0 Å². The minimum absolute atomic E-state index is 0.0541. The molecule has 0 bridgehead atoms. The van der Waals surface area contributed by atoms with Gasteiger partial charge in [-0.15, -0.1) is 0 Å². The maximum Gasteiger partial charge on any atom is 0.173 e. The molecule has 0 unspecified atom stereocenters. The van der Waals surface area contributed by atoms with Crippen LogP contribution in [-0.4, -0.2) is 23.2 Å². The summed E-state index contributed by atoms with van der Waals surface area (Å²) in [5, 5.41) is 0.768. The molecule has 0 amide bonds. The number of thioether (sulfide) groups is 1. The van der Waals surface area contributed by atoms with Gasteiger partial charge in [-0.05, 0) is 36.4 Å². The standard InChI is InChI=1S/C16H12FNO2S/c17-12-7-5-11(6-8-12)14(19)10-21-16-9-20-15-4-2-1-3-13(15)18-16/h1-8H,9-10H2. The van der Waals surface area contributed by atoms with Gasteiger partial charge in [-0.25, -0.2) is 9.38 Å². The van der Waals surface area contributed by atoms with Crippen molar-refractivity contribution in [2.75, 3.05) is 12.4 Å². The zero-order valence-corrected chi connectivity index (χ0v) is 11.9. The number of para-hydroxylation sites is 2. The molecule has 0 saturated heterocycles. The second-order valence-corrected chi connectivity index (χ2v) is 5.53. The molecular formula is C16H12FNO2S. The lowest BCUT2D eigenvalue weighted by molar-refractivity contribution is 0.102. The smallest absolute Gasteiger partial charge is 0.173 e. The van der Waals surface area contributed by atoms with Gasteiger partial charge in [-0.2, -0.15) is 0 Å². The van der Waals surface area contributed by atoms with E-state index in [2.05, 4.69) is 4.99 Å². The zero-order valence-electron chi connectivity index (χ0n) is 11.1. The van der Waals surface area contributed by atoms with Gasteiger partial charge in [0, 0.05) is 5.56 Å². The van der Waals surface area contributed by atoms with Crippen molar-refractivity contribution in [1.29, 1.82) is 0 Å². The molecule has 21 heavy (non-hydrogen) atoms. The number of carbonyl (C=O) groups excluding carboxylic acids is 1. The van der Waals surface area contributed by atoms with Crippen LogP contribution in [-0.2, 0) is 0 Å². The van der Waals surface area contributed by atoms with Gasteiger partial charge in [-0.3, -0.25) is 4.79 Å². The largest absolute Gasteiger partial charge is 0.484 e. The molecule has 0 aliphatic carbocycles. The van der Waals surface area contributed by atoms with Crippen LogP contribution in [0.4, 0.5) is 10.1 Å². The first-order valence-corrected chi connectivity index (χ1v) is 7.42. The molecule has 0 atom stereocenters. The number of ketones is 1. The van der Waals surface area contributed by atoms with Gasteiger partial charge < -0.3 is 4.74 Å². The first kappa shape index (κ1) is 13.8. The summed E-state index contributed by atoms with van der Waals surface area (Å²) in [6.45, 7) is 0.373. The van der Waals surface area contributed by atoms with Crippen molar-refractivity contribution in [1.82, 2.24) is 0 Å². The highest BCUT2D eigenvalue weighted by Crippen LogP contribution is 2.31. The Kier molecular flexibility index (Phi) is 4.01. The quantitative estimate of drug-likeness (QED) is 0.808. The van der Waals surface area contributed by atoms with Crippen LogP contribution in [0.2, 0.25) is 0 Å². The molecule has 2 aromatic rings. The van der Waals surface area contributed by atoms with Gasteiger partial charge in [0.1, 0.15) is 28.9 Å². The van der Waals surface area contributed by atoms with Crippen molar-refractivity contribution in [2.45, 2.75) is 0 Å². The molecule has 1 heterocycles. The second-order valence-electron chi connectivity index (χ2n) is 4.48. The van der Waals surface area contributed by atoms with Crippen molar-refractivity contribution in [2.24, 2.45) is 4.99 Å². The van der Waals surface area contributed by atoms with Crippen molar-refractivity contribution in [3.63, 3.8) is 0 Å². The van der Waals surface area contributed by atoms with Gasteiger partial charge >= 0.3 is 0 Å². The molecule has 0 radical (unpaired) electrons. The third kappa shape index (κ3) is 3.31. The minimum Gasteiger partial charge on any atom is -0.484 e. The van der Waals surface area contributed by atoms with Gasteiger partial charge in [0.2, 0.25) is 0 Å². The first-order chi connectivity index (χ1) is 10.2. The number of carbonyl (C=O) groups is 1. The fraction of sp³-hybridized carbons (Fsp3) is 0.125. The molecular weight excluding hydrogens is 289 g/mol. The molecule has 1 aliphatic rings. The number of aliphatic imine (C=N–C) groups is 1. The molecule has 106 valence electrons. The predicted octanol–water partition coefficient (Wildman–Crippen LogP) is 3.86. The third-order valence-electron chi connectivity index (χ3n) is 3.00. The van der Waals surface area contributed by atoms with E-state index in [4.69, 9.17) is 4.74 Å². The van der Waals surface area contributed by atoms with E-state index >= 15 is 0 Å². The van der Waals surface area contributed by atoms with Crippen molar-refractivity contribution < 1.29 is 13.9 Å². The molecule has 0 N–H and O–H groups in total. The Hall–Kier alpha value is -2.14. The van der Waals surface area contributed by atoms with E-state index in [0.29, 0.717) is 12.2 Å². The number of ether oxygens (including phenoxy) is 1. The van der Waals surface area contributed by atoms with E-state index < -0.39 is 0 Å².